The van der Waals surface area contributed by atoms with Crippen molar-refractivity contribution in [3.8, 4) is 0 Å². The molecule has 3 rings (SSSR count). The molecular formula is C16H18N4O3. The zero-order valence-electron chi connectivity index (χ0n) is 12.9. The van der Waals surface area contributed by atoms with Crippen LogP contribution in [0.5, 0.6) is 0 Å². The Morgan fingerprint density at radius 1 is 1.30 bits per heavy atom. The summed E-state index contributed by atoms with van der Waals surface area (Å²) in [4.78, 5) is 30.2. The van der Waals surface area contributed by atoms with E-state index in [2.05, 4.69) is 15.5 Å². The number of nitrogens with zero attached hydrogens (tertiary/aromatic N) is 3. The number of carbonyl (C=O) groups is 2. The second-order valence-corrected chi connectivity index (χ2v) is 5.59. The minimum Gasteiger partial charge on any atom is -0.339 e. The van der Waals surface area contributed by atoms with Crippen molar-refractivity contribution in [3.05, 3.63) is 42.0 Å². The molecule has 0 aliphatic carbocycles. The minimum absolute atomic E-state index is 0.0153. The third-order valence-corrected chi connectivity index (χ3v) is 3.83. The molecule has 1 aromatic carbocycles. The van der Waals surface area contributed by atoms with E-state index < -0.39 is 11.8 Å². The highest BCUT2D eigenvalue weighted by molar-refractivity contribution is 6.39. The van der Waals surface area contributed by atoms with Crippen molar-refractivity contribution in [2.24, 2.45) is 0 Å². The fraction of sp³-hybridized carbons (Fsp3) is 0.375. The summed E-state index contributed by atoms with van der Waals surface area (Å²) in [6.45, 7) is 2.74. The van der Waals surface area contributed by atoms with Crippen LogP contribution in [-0.4, -0.2) is 39.9 Å². The molecule has 1 atom stereocenters. The fourth-order valence-corrected chi connectivity index (χ4v) is 2.69. The first-order chi connectivity index (χ1) is 11.1. The Morgan fingerprint density at radius 2 is 2.09 bits per heavy atom. The Bertz CT molecular complexity index is 698. The van der Waals surface area contributed by atoms with E-state index in [0.29, 0.717) is 30.5 Å². The van der Waals surface area contributed by atoms with Crippen LogP contribution in [0.15, 0.2) is 34.9 Å². The summed E-state index contributed by atoms with van der Waals surface area (Å²) in [6.07, 6.45) is 1.67. The molecule has 1 saturated heterocycles. The highest BCUT2D eigenvalue weighted by atomic mass is 16.5. The van der Waals surface area contributed by atoms with Crippen molar-refractivity contribution < 1.29 is 14.1 Å². The predicted octanol–water partition coefficient (Wildman–Crippen LogP) is 1.72. The van der Waals surface area contributed by atoms with E-state index in [0.717, 1.165) is 12.8 Å². The normalized spacial score (nSPS) is 17.8. The maximum atomic E-state index is 12.3. The molecule has 2 aromatic rings. The minimum atomic E-state index is -0.626. The van der Waals surface area contributed by atoms with E-state index in [-0.39, 0.29) is 5.92 Å². The van der Waals surface area contributed by atoms with Crippen LogP contribution < -0.4 is 5.32 Å². The number of hydrogen-bond donors (Lipinski definition) is 1. The van der Waals surface area contributed by atoms with Crippen molar-refractivity contribution in [1.29, 1.82) is 0 Å². The Hall–Kier alpha value is -2.70. The number of nitrogens with one attached hydrogen (secondary N) is 1. The lowest BCUT2D eigenvalue weighted by Crippen LogP contribution is -2.44. The molecule has 0 spiro atoms. The van der Waals surface area contributed by atoms with Gasteiger partial charge < -0.3 is 14.7 Å². The van der Waals surface area contributed by atoms with E-state index in [4.69, 9.17) is 4.52 Å². The largest absolute Gasteiger partial charge is 0.339 e. The lowest BCUT2D eigenvalue weighted by molar-refractivity contribution is -0.144. The van der Waals surface area contributed by atoms with Crippen molar-refractivity contribution >= 4 is 17.5 Å². The molecule has 1 N–H and O–H groups in total. The number of anilines is 1. The zero-order valence-corrected chi connectivity index (χ0v) is 12.9. The monoisotopic (exact) mass is 314 g/mol. The van der Waals surface area contributed by atoms with Gasteiger partial charge in [0.05, 0.1) is 5.92 Å². The molecule has 0 radical (unpaired) electrons. The Balaban J connectivity index is 1.63. The molecular weight excluding hydrogens is 296 g/mol. The van der Waals surface area contributed by atoms with E-state index >= 15 is 0 Å². The van der Waals surface area contributed by atoms with Crippen LogP contribution in [0.4, 0.5) is 5.69 Å². The Labute approximate surface area is 133 Å². The van der Waals surface area contributed by atoms with E-state index in [1.54, 1.807) is 36.1 Å². The summed E-state index contributed by atoms with van der Waals surface area (Å²) in [6, 6.07) is 8.93. The van der Waals surface area contributed by atoms with Gasteiger partial charge >= 0.3 is 11.8 Å². The van der Waals surface area contributed by atoms with Crippen molar-refractivity contribution in [2.75, 3.05) is 18.4 Å². The Morgan fingerprint density at radius 3 is 2.78 bits per heavy atom. The highest BCUT2D eigenvalue weighted by Crippen LogP contribution is 2.25. The number of benzene rings is 1. The first-order valence-electron chi connectivity index (χ1n) is 7.59. The first kappa shape index (κ1) is 15.2. The zero-order chi connectivity index (χ0) is 16.2. The van der Waals surface area contributed by atoms with E-state index in [1.165, 1.54) is 0 Å². The second-order valence-electron chi connectivity index (χ2n) is 5.59. The molecule has 23 heavy (non-hydrogen) atoms. The maximum Gasteiger partial charge on any atom is 0.313 e. The summed E-state index contributed by atoms with van der Waals surface area (Å²) in [5.41, 5.74) is 0.604. The van der Waals surface area contributed by atoms with Crippen LogP contribution >= 0.6 is 0 Å². The fourth-order valence-electron chi connectivity index (χ4n) is 2.69. The topological polar surface area (TPSA) is 88.3 Å². The quantitative estimate of drug-likeness (QED) is 0.853. The lowest BCUT2D eigenvalue weighted by Gasteiger charge is -2.30. The van der Waals surface area contributed by atoms with Crippen LogP contribution in [0.3, 0.4) is 0 Å². The number of para-hydroxylation sites is 1. The molecule has 1 aliphatic rings. The third-order valence-electron chi connectivity index (χ3n) is 3.83. The summed E-state index contributed by atoms with van der Waals surface area (Å²) >= 11 is 0. The number of likely N-dealkylation sites (tertiary alicyclic amines) is 1. The van der Waals surface area contributed by atoms with E-state index in [9.17, 15) is 9.59 Å². The number of aromatic nitrogens is 2. The predicted molar refractivity (Wildman–Crippen MR) is 82.7 cm³/mol. The number of hydrogen-bond acceptors (Lipinski definition) is 5. The highest BCUT2D eigenvalue weighted by Gasteiger charge is 2.31. The average molecular weight is 314 g/mol. The SMILES string of the molecule is Cc1noc(C2CCCN(C(=O)C(=O)Nc3ccccc3)C2)n1. The van der Waals surface area contributed by atoms with Gasteiger partial charge in [-0.3, -0.25) is 9.59 Å². The molecule has 1 fully saturated rings. The number of aryl methyl sites for hydroxylation is 1. The standard InChI is InChI=1S/C16H18N4O3/c1-11-17-15(23-19-11)12-6-5-9-20(10-12)16(22)14(21)18-13-7-3-2-4-8-13/h2-4,7-8,12H,5-6,9-10H2,1H3,(H,18,21). The smallest absolute Gasteiger partial charge is 0.313 e. The summed E-state index contributed by atoms with van der Waals surface area (Å²) in [7, 11) is 0. The van der Waals surface area contributed by atoms with Crippen LogP contribution in [0.1, 0.15) is 30.5 Å². The van der Waals surface area contributed by atoms with Gasteiger partial charge in [-0.25, -0.2) is 0 Å². The number of piperidine rings is 1. The molecule has 2 heterocycles. The molecule has 0 saturated carbocycles. The van der Waals surface area contributed by atoms with Gasteiger partial charge in [0.15, 0.2) is 5.82 Å². The molecule has 1 aromatic heterocycles. The van der Waals surface area contributed by atoms with Crippen molar-refractivity contribution in [3.63, 3.8) is 0 Å². The van der Waals surface area contributed by atoms with Gasteiger partial charge in [-0.15, -0.1) is 0 Å². The molecule has 1 unspecified atom stereocenters. The molecule has 120 valence electrons. The second kappa shape index (κ2) is 6.60. The van der Waals surface area contributed by atoms with E-state index in [1.807, 2.05) is 6.07 Å². The van der Waals surface area contributed by atoms with Gasteiger partial charge in [0.1, 0.15) is 0 Å². The van der Waals surface area contributed by atoms with Gasteiger partial charge in [-0.1, -0.05) is 23.4 Å². The van der Waals surface area contributed by atoms with Gasteiger partial charge in [0.2, 0.25) is 5.89 Å². The van der Waals surface area contributed by atoms with Gasteiger partial charge in [0.25, 0.3) is 0 Å². The first-order valence-corrected chi connectivity index (χ1v) is 7.59. The van der Waals surface area contributed by atoms with Gasteiger partial charge in [0, 0.05) is 18.8 Å². The summed E-state index contributed by atoms with van der Waals surface area (Å²) < 4.78 is 5.19. The number of carbonyl (C=O) groups excluding carboxylic acids is 2. The van der Waals surface area contributed by atoms with Crippen LogP contribution in [0.25, 0.3) is 0 Å². The molecule has 2 amide bonds. The molecule has 7 nitrogen and oxygen atoms in total. The third kappa shape index (κ3) is 3.56. The summed E-state index contributed by atoms with van der Waals surface area (Å²) in [5.74, 6) is -0.0690. The van der Waals surface area contributed by atoms with Crippen LogP contribution in [0, 0.1) is 6.92 Å². The maximum absolute atomic E-state index is 12.3. The molecule has 1 aliphatic heterocycles. The number of rotatable bonds is 2. The van der Waals surface area contributed by atoms with Gasteiger partial charge in [-0.2, -0.15) is 4.98 Å². The lowest BCUT2D eigenvalue weighted by atomic mass is 9.98. The van der Waals surface area contributed by atoms with Crippen LogP contribution in [0.2, 0.25) is 0 Å². The van der Waals surface area contributed by atoms with Crippen LogP contribution in [-0.2, 0) is 9.59 Å². The average Bonchev–Trinajstić information content (AvgIpc) is 3.02. The van der Waals surface area contributed by atoms with Crippen molar-refractivity contribution in [2.45, 2.75) is 25.7 Å². The summed E-state index contributed by atoms with van der Waals surface area (Å²) in [5, 5.41) is 6.40. The molecule has 7 heteroatoms. The number of amides is 2. The van der Waals surface area contributed by atoms with Gasteiger partial charge in [-0.05, 0) is 31.9 Å². The Kier molecular flexibility index (Phi) is 4.36. The van der Waals surface area contributed by atoms with Crippen molar-refractivity contribution in [1.82, 2.24) is 15.0 Å². The molecule has 0 bridgehead atoms.